The predicted molar refractivity (Wildman–Crippen MR) is 83.4 cm³/mol. The third kappa shape index (κ3) is 2.56. The van der Waals surface area contributed by atoms with E-state index in [1.807, 2.05) is 18.2 Å². The summed E-state index contributed by atoms with van der Waals surface area (Å²) in [5.41, 5.74) is 1.33. The van der Waals surface area contributed by atoms with E-state index in [0.717, 1.165) is 25.7 Å². The normalized spacial score (nSPS) is 36.3. The second kappa shape index (κ2) is 5.79. The number of aliphatic hydroxyl groups excluding tert-OH is 2. The van der Waals surface area contributed by atoms with Gasteiger partial charge in [-0.1, -0.05) is 30.3 Å². The maximum Gasteiger partial charge on any atom is 0.377 e. The van der Waals surface area contributed by atoms with Crippen LogP contribution < -0.4 is 0 Å². The van der Waals surface area contributed by atoms with Crippen molar-refractivity contribution in [2.45, 2.75) is 49.6 Å². The van der Waals surface area contributed by atoms with Crippen molar-refractivity contribution >= 4 is 5.97 Å². The first-order chi connectivity index (χ1) is 11.6. The summed E-state index contributed by atoms with van der Waals surface area (Å²) in [5.74, 6) is -2.32. The molecular weight excluding hydrogens is 312 g/mol. The number of ether oxygens (including phenoxy) is 3. The number of carbonyl (C=O) groups is 1. The number of esters is 1. The van der Waals surface area contributed by atoms with Gasteiger partial charge in [0.05, 0.1) is 6.61 Å². The van der Waals surface area contributed by atoms with Crippen molar-refractivity contribution in [3.63, 3.8) is 0 Å². The second-order valence-corrected chi connectivity index (χ2v) is 6.62. The van der Waals surface area contributed by atoms with Crippen LogP contribution in [0.1, 0.15) is 37.2 Å². The second-order valence-electron chi connectivity index (χ2n) is 6.62. The molecule has 2 atom stereocenters. The lowest BCUT2D eigenvalue weighted by Crippen LogP contribution is -2.38. The molecule has 1 saturated carbocycles. The molecule has 6 nitrogen and oxygen atoms in total. The topological polar surface area (TPSA) is 85.2 Å². The Kier molecular flexibility index (Phi) is 3.73. The van der Waals surface area contributed by atoms with Crippen molar-refractivity contribution in [1.82, 2.24) is 0 Å². The van der Waals surface area contributed by atoms with E-state index >= 15 is 0 Å². The van der Waals surface area contributed by atoms with Crippen molar-refractivity contribution in [3.05, 3.63) is 47.4 Å². The average Bonchev–Trinajstić information content (AvgIpc) is 3.13. The van der Waals surface area contributed by atoms with E-state index in [1.165, 1.54) is 5.56 Å². The van der Waals surface area contributed by atoms with Gasteiger partial charge in [-0.2, -0.15) is 0 Å². The highest BCUT2D eigenvalue weighted by Gasteiger charge is 2.51. The Morgan fingerprint density at radius 1 is 1.08 bits per heavy atom. The summed E-state index contributed by atoms with van der Waals surface area (Å²) in [6, 6.07) is 10.4. The first kappa shape index (κ1) is 15.5. The van der Waals surface area contributed by atoms with Crippen LogP contribution in [0.15, 0.2) is 41.9 Å². The molecule has 6 heteroatoms. The standard InChI is InChI=1S/C18H20O6/c19-14-15(20)17(21)23-16(14)13-10-22-18(24-13)8-6-12(7-9-18)11-4-2-1-3-5-11/h1-5,12-13,16,19-20H,6-10H2. The number of hydrogen-bond donors (Lipinski definition) is 2. The highest BCUT2D eigenvalue weighted by atomic mass is 16.8. The number of benzene rings is 1. The molecular formula is C18H20O6. The predicted octanol–water partition coefficient (Wildman–Crippen LogP) is 2.71. The van der Waals surface area contributed by atoms with Crippen LogP contribution in [0, 0.1) is 0 Å². The lowest BCUT2D eigenvalue weighted by Gasteiger charge is -2.36. The molecule has 0 amide bonds. The molecule has 2 unspecified atom stereocenters. The van der Waals surface area contributed by atoms with Gasteiger partial charge in [0, 0.05) is 12.8 Å². The van der Waals surface area contributed by atoms with Crippen molar-refractivity contribution in [3.8, 4) is 0 Å². The molecule has 1 aromatic carbocycles. The van der Waals surface area contributed by atoms with E-state index in [2.05, 4.69) is 12.1 Å². The molecule has 2 aliphatic heterocycles. The first-order valence-electron chi connectivity index (χ1n) is 8.28. The molecule has 1 aliphatic carbocycles. The van der Waals surface area contributed by atoms with Gasteiger partial charge in [0.2, 0.25) is 5.76 Å². The van der Waals surface area contributed by atoms with Crippen molar-refractivity contribution in [2.75, 3.05) is 6.61 Å². The average molecular weight is 332 g/mol. The molecule has 1 aromatic rings. The molecule has 0 aromatic heterocycles. The molecule has 24 heavy (non-hydrogen) atoms. The Bertz CT molecular complexity index is 659. The Hall–Kier alpha value is -2.05. The third-order valence-corrected chi connectivity index (χ3v) is 5.17. The SMILES string of the molecule is O=C1OC(C2COC3(CCC(c4ccccc4)CC3)O2)C(O)=C1O. The fourth-order valence-corrected chi connectivity index (χ4v) is 3.82. The first-order valence-corrected chi connectivity index (χ1v) is 8.28. The van der Waals surface area contributed by atoms with Gasteiger partial charge in [0.25, 0.3) is 0 Å². The monoisotopic (exact) mass is 332 g/mol. The van der Waals surface area contributed by atoms with Crippen LogP contribution in [0.3, 0.4) is 0 Å². The van der Waals surface area contributed by atoms with Crippen LogP contribution in [0.25, 0.3) is 0 Å². The van der Waals surface area contributed by atoms with Gasteiger partial charge in [-0.3, -0.25) is 0 Å². The molecule has 2 fully saturated rings. The zero-order valence-electron chi connectivity index (χ0n) is 13.2. The van der Waals surface area contributed by atoms with Crippen LogP contribution >= 0.6 is 0 Å². The van der Waals surface area contributed by atoms with Crippen LogP contribution in [0.5, 0.6) is 0 Å². The van der Waals surface area contributed by atoms with Gasteiger partial charge in [0.1, 0.15) is 6.10 Å². The highest BCUT2D eigenvalue weighted by molar-refractivity contribution is 5.89. The summed E-state index contributed by atoms with van der Waals surface area (Å²) in [7, 11) is 0. The summed E-state index contributed by atoms with van der Waals surface area (Å²) >= 11 is 0. The third-order valence-electron chi connectivity index (χ3n) is 5.17. The fourth-order valence-electron chi connectivity index (χ4n) is 3.82. The summed E-state index contributed by atoms with van der Waals surface area (Å²) in [5, 5.41) is 19.2. The Balaban J connectivity index is 1.40. The number of carbonyl (C=O) groups excluding carboxylic acids is 1. The number of hydrogen-bond acceptors (Lipinski definition) is 6. The van der Waals surface area contributed by atoms with Crippen molar-refractivity contribution in [2.24, 2.45) is 0 Å². The number of rotatable bonds is 2. The molecule has 2 heterocycles. The Morgan fingerprint density at radius 2 is 1.79 bits per heavy atom. The Morgan fingerprint density at radius 3 is 2.42 bits per heavy atom. The number of cyclic esters (lactones) is 1. The zero-order valence-corrected chi connectivity index (χ0v) is 13.2. The van der Waals surface area contributed by atoms with Crippen molar-refractivity contribution < 1.29 is 29.2 Å². The van der Waals surface area contributed by atoms with Gasteiger partial charge in [-0.15, -0.1) is 0 Å². The minimum absolute atomic E-state index is 0.227. The number of aliphatic hydroxyl groups is 2. The fraction of sp³-hybridized carbons (Fsp3) is 0.500. The molecule has 3 aliphatic rings. The maximum absolute atomic E-state index is 11.3. The van der Waals surface area contributed by atoms with Crippen LogP contribution in [0.4, 0.5) is 0 Å². The lowest BCUT2D eigenvalue weighted by molar-refractivity contribution is -0.199. The lowest BCUT2D eigenvalue weighted by atomic mass is 9.81. The quantitative estimate of drug-likeness (QED) is 0.810. The molecule has 0 bridgehead atoms. The smallest absolute Gasteiger partial charge is 0.377 e. The summed E-state index contributed by atoms with van der Waals surface area (Å²) in [4.78, 5) is 11.3. The Labute approximate surface area is 139 Å². The minimum atomic E-state index is -0.983. The molecule has 1 saturated heterocycles. The van der Waals surface area contributed by atoms with E-state index < -0.39 is 35.5 Å². The van der Waals surface area contributed by atoms with Crippen molar-refractivity contribution in [1.29, 1.82) is 0 Å². The summed E-state index contributed by atoms with van der Waals surface area (Å²) in [6.07, 6.45) is 1.83. The van der Waals surface area contributed by atoms with E-state index in [1.54, 1.807) is 0 Å². The van der Waals surface area contributed by atoms with Crippen LogP contribution in [0.2, 0.25) is 0 Å². The molecule has 4 rings (SSSR count). The highest BCUT2D eigenvalue weighted by Crippen LogP contribution is 2.45. The van der Waals surface area contributed by atoms with E-state index in [4.69, 9.17) is 14.2 Å². The van der Waals surface area contributed by atoms with Gasteiger partial charge >= 0.3 is 5.97 Å². The van der Waals surface area contributed by atoms with Gasteiger partial charge in [0.15, 0.2) is 17.7 Å². The summed E-state index contributed by atoms with van der Waals surface area (Å²) in [6.45, 7) is 0.227. The van der Waals surface area contributed by atoms with Crippen LogP contribution in [-0.2, 0) is 19.0 Å². The summed E-state index contributed by atoms with van der Waals surface area (Å²) < 4.78 is 16.9. The van der Waals surface area contributed by atoms with E-state index in [9.17, 15) is 15.0 Å². The van der Waals surface area contributed by atoms with Gasteiger partial charge in [-0.05, 0) is 24.3 Å². The van der Waals surface area contributed by atoms with E-state index in [0.29, 0.717) is 5.92 Å². The van der Waals surface area contributed by atoms with E-state index in [-0.39, 0.29) is 6.61 Å². The van der Waals surface area contributed by atoms with Crippen LogP contribution in [-0.4, -0.2) is 40.8 Å². The largest absolute Gasteiger partial charge is 0.505 e. The molecule has 0 radical (unpaired) electrons. The minimum Gasteiger partial charge on any atom is -0.505 e. The molecule has 2 N–H and O–H groups in total. The zero-order chi connectivity index (χ0) is 16.7. The molecule has 128 valence electrons. The van der Waals surface area contributed by atoms with Gasteiger partial charge in [-0.25, -0.2) is 4.79 Å². The maximum atomic E-state index is 11.3. The van der Waals surface area contributed by atoms with Gasteiger partial charge < -0.3 is 24.4 Å². The molecule has 1 spiro atoms.